The molecular weight excluding hydrogens is 390 g/mol. The van der Waals surface area contributed by atoms with Crippen LogP contribution in [-0.2, 0) is 17.6 Å². The van der Waals surface area contributed by atoms with Gasteiger partial charge in [0.2, 0.25) is 0 Å². The van der Waals surface area contributed by atoms with Crippen molar-refractivity contribution in [2.45, 2.75) is 52.6 Å². The Kier molecular flexibility index (Phi) is 7.23. The smallest absolute Gasteiger partial charge is 0.303 e. The molecule has 6 heteroatoms. The van der Waals surface area contributed by atoms with Crippen molar-refractivity contribution in [2.24, 2.45) is 0 Å². The highest BCUT2D eigenvalue weighted by atomic mass is 16.5. The maximum Gasteiger partial charge on any atom is 0.303 e. The number of hydrogen-bond acceptors (Lipinski definition) is 5. The zero-order valence-electron chi connectivity index (χ0n) is 18.3. The van der Waals surface area contributed by atoms with Gasteiger partial charge < -0.3 is 15.6 Å². The number of rotatable bonds is 9. The third-order valence-corrected chi connectivity index (χ3v) is 5.06. The monoisotopic (exact) mass is 419 g/mol. The Morgan fingerprint density at radius 2 is 1.87 bits per heavy atom. The van der Waals surface area contributed by atoms with Crippen LogP contribution in [-0.4, -0.2) is 27.1 Å². The molecule has 3 N–H and O–H groups in total. The van der Waals surface area contributed by atoms with Crippen LogP contribution >= 0.6 is 0 Å². The van der Waals surface area contributed by atoms with E-state index in [1.807, 2.05) is 50.5 Å². The molecule has 1 aromatic heterocycles. The molecule has 3 aromatic rings. The first-order chi connectivity index (χ1) is 14.9. The van der Waals surface area contributed by atoms with Crippen LogP contribution in [0.25, 0.3) is 22.5 Å². The van der Waals surface area contributed by atoms with Crippen LogP contribution in [0.2, 0.25) is 0 Å². The van der Waals surface area contributed by atoms with Gasteiger partial charge in [-0.25, -0.2) is 9.97 Å². The molecule has 0 unspecified atom stereocenters. The van der Waals surface area contributed by atoms with Crippen molar-refractivity contribution in [3.8, 4) is 28.3 Å². The Labute approximate surface area is 183 Å². The van der Waals surface area contributed by atoms with Gasteiger partial charge >= 0.3 is 5.97 Å². The van der Waals surface area contributed by atoms with E-state index in [-0.39, 0.29) is 12.5 Å². The first-order valence-electron chi connectivity index (χ1n) is 10.6. The van der Waals surface area contributed by atoms with Crippen molar-refractivity contribution >= 4 is 11.7 Å². The summed E-state index contributed by atoms with van der Waals surface area (Å²) < 4.78 is 5.69. The highest BCUT2D eigenvalue weighted by molar-refractivity contribution is 5.70. The van der Waals surface area contributed by atoms with E-state index in [0.717, 1.165) is 29.5 Å². The number of carboxylic acid groups (broad SMARTS) is 1. The average Bonchev–Trinajstić information content (AvgIpc) is 2.74. The molecule has 0 bridgehead atoms. The maximum atomic E-state index is 10.8. The van der Waals surface area contributed by atoms with Crippen LogP contribution in [0, 0.1) is 0 Å². The summed E-state index contributed by atoms with van der Waals surface area (Å²) >= 11 is 0. The predicted octanol–water partition coefficient (Wildman–Crippen LogP) is 5.15. The standard InChI is InChI=1S/C25H29N3O3/c1-4-20-17(8-6-10-24(29)30)7-5-9-21(20)19-14-27-25(28-15-19)18-11-12-23(22(26)13-18)31-16(2)3/h5,7,9,11-16H,4,6,8,10,26H2,1-3H3,(H,29,30). The van der Waals surface area contributed by atoms with Crippen LogP contribution < -0.4 is 10.5 Å². The molecule has 0 saturated heterocycles. The molecule has 0 aliphatic heterocycles. The van der Waals surface area contributed by atoms with Crippen molar-refractivity contribution in [3.63, 3.8) is 0 Å². The van der Waals surface area contributed by atoms with Crippen LogP contribution in [0.5, 0.6) is 5.75 Å². The summed E-state index contributed by atoms with van der Waals surface area (Å²) in [6, 6.07) is 11.7. The summed E-state index contributed by atoms with van der Waals surface area (Å²) in [5.41, 5.74) is 11.9. The molecule has 0 fully saturated rings. The molecule has 0 amide bonds. The summed E-state index contributed by atoms with van der Waals surface area (Å²) in [5.74, 6) is 0.493. The number of carboxylic acids is 1. The number of nitrogens with two attached hydrogens (primary N) is 1. The Balaban J connectivity index is 1.84. The van der Waals surface area contributed by atoms with Gasteiger partial charge in [0.25, 0.3) is 0 Å². The number of aromatic nitrogens is 2. The lowest BCUT2D eigenvalue weighted by Crippen LogP contribution is -2.07. The SMILES string of the molecule is CCc1c(CCCC(=O)O)cccc1-c1cnc(-c2ccc(OC(C)C)c(N)c2)nc1. The fraction of sp³-hybridized carbons (Fsp3) is 0.320. The number of aryl methyl sites for hydroxylation is 1. The van der Waals surface area contributed by atoms with E-state index in [4.69, 9.17) is 15.6 Å². The highest BCUT2D eigenvalue weighted by Crippen LogP contribution is 2.30. The highest BCUT2D eigenvalue weighted by Gasteiger charge is 2.12. The normalized spacial score (nSPS) is 11.0. The second-order valence-corrected chi connectivity index (χ2v) is 7.76. The quantitative estimate of drug-likeness (QED) is 0.466. The average molecular weight is 420 g/mol. The van der Waals surface area contributed by atoms with Crippen molar-refractivity contribution in [1.82, 2.24) is 9.97 Å². The fourth-order valence-corrected chi connectivity index (χ4v) is 3.65. The lowest BCUT2D eigenvalue weighted by Gasteiger charge is -2.14. The maximum absolute atomic E-state index is 10.8. The van der Waals surface area contributed by atoms with E-state index in [2.05, 4.69) is 29.0 Å². The molecule has 3 rings (SSSR count). The van der Waals surface area contributed by atoms with Crippen molar-refractivity contribution in [1.29, 1.82) is 0 Å². The first kappa shape index (κ1) is 22.3. The first-order valence-corrected chi connectivity index (χ1v) is 10.6. The molecule has 0 atom stereocenters. The minimum atomic E-state index is -0.761. The number of ether oxygens (including phenoxy) is 1. The Hall–Kier alpha value is -3.41. The molecule has 0 spiro atoms. The number of nitrogen functional groups attached to an aromatic ring is 1. The Morgan fingerprint density at radius 3 is 2.48 bits per heavy atom. The van der Waals surface area contributed by atoms with E-state index in [9.17, 15) is 4.79 Å². The molecule has 6 nitrogen and oxygen atoms in total. The number of hydrogen-bond donors (Lipinski definition) is 2. The van der Waals surface area contributed by atoms with Gasteiger partial charge in [0.05, 0.1) is 11.8 Å². The molecule has 31 heavy (non-hydrogen) atoms. The minimum absolute atomic E-state index is 0.0522. The largest absolute Gasteiger partial charge is 0.489 e. The summed E-state index contributed by atoms with van der Waals surface area (Å²) in [6.45, 7) is 6.03. The van der Waals surface area contributed by atoms with Crippen LogP contribution in [0.15, 0.2) is 48.8 Å². The second-order valence-electron chi connectivity index (χ2n) is 7.76. The molecular formula is C25H29N3O3. The third kappa shape index (κ3) is 5.60. The topological polar surface area (TPSA) is 98.3 Å². The molecule has 1 heterocycles. The summed E-state index contributed by atoms with van der Waals surface area (Å²) in [7, 11) is 0. The van der Waals surface area contributed by atoms with Gasteiger partial charge in [0.15, 0.2) is 5.82 Å². The molecule has 0 aliphatic rings. The zero-order valence-corrected chi connectivity index (χ0v) is 18.3. The van der Waals surface area contributed by atoms with E-state index in [0.29, 0.717) is 23.7 Å². The third-order valence-electron chi connectivity index (χ3n) is 5.06. The van der Waals surface area contributed by atoms with Gasteiger partial charge in [-0.15, -0.1) is 0 Å². The Bertz CT molecular complexity index is 1050. The summed E-state index contributed by atoms with van der Waals surface area (Å²) in [6.07, 6.45) is 6.10. The van der Waals surface area contributed by atoms with E-state index in [1.165, 1.54) is 11.1 Å². The lowest BCUT2D eigenvalue weighted by atomic mass is 9.92. The van der Waals surface area contributed by atoms with Crippen molar-refractivity contribution < 1.29 is 14.6 Å². The van der Waals surface area contributed by atoms with Crippen LogP contribution in [0.4, 0.5) is 5.69 Å². The Morgan fingerprint density at radius 1 is 1.13 bits per heavy atom. The van der Waals surface area contributed by atoms with Crippen LogP contribution in [0.3, 0.4) is 0 Å². The number of nitrogens with zero attached hydrogens (tertiary/aromatic N) is 2. The van der Waals surface area contributed by atoms with E-state index >= 15 is 0 Å². The molecule has 0 aliphatic carbocycles. The lowest BCUT2D eigenvalue weighted by molar-refractivity contribution is -0.137. The minimum Gasteiger partial charge on any atom is -0.489 e. The summed E-state index contributed by atoms with van der Waals surface area (Å²) in [4.78, 5) is 20.0. The number of anilines is 1. The number of carbonyl (C=O) groups is 1. The van der Waals surface area contributed by atoms with E-state index < -0.39 is 5.97 Å². The van der Waals surface area contributed by atoms with Crippen LogP contribution in [0.1, 0.15) is 44.7 Å². The van der Waals surface area contributed by atoms with Gasteiger partial charge in [-0.1, -0.05) is 25.1 Å². The van der Waals surface area contributed by atoms with Gasteiger partial charge in [-0.05, 0) is 68.0 Å². The number of benzene rings is 2. The molecule has 162 valence electrons. The molecule has 0 radical (unpaired) electrons. The van der Waals surface area contributed by atoms with E-state index in [1.54, 1.807) is 0 Å². The van der Waals surface area contributed by atoms with Gasteiger partial charge in [-0.3, -0.25) is 4.79 Å². The van der Waals surface area contributed by atoms with Gasteiger partial charge in [-0.2, -0.15) is 0 Å². The second kappa shape index (κ2) is 10.1. The predicted molar refractivity (Wildman–Crippen MR) is 123 cm³/mol. The van der Waals surface area contributed by atoms with Crippen molar-refractivity contribution in [3.05, 3.63) is 59.9 Å². The molecule has 2 aromatic carbocycles. The zero-order chi connectivity index (χ0) is 22.4. The number of aliphatic carboxylic acids is 1. The van der Waals surface area contributed by atoms with Gasteiger partial charge in [0.1, 0.15) is 5.75 Å². The van der Waals surface area contributed by atoms with Gasteiger partial charge in [0, 0.05) is 29.9 Å². The summed E-state index contributed by atoms with van der Waals surface area (Å²) in [5, 5.41) is 8.91. The van der Waals surface area contributed by atoms with Crippen molar-refractivity contribution in [2.75, 3.05) is 5.73 Å². The fourth-order valence-electron chi connectivity index (χ4n) is 3.65. The molecule has 0 saturated carbocycles.